The Labute approximate surface area is 205 Å². The summed E-state index contributed by atoms with van der Waals surface area (Å²) in [6, 6.07) is 12.3. The minimum atomic E-state index is -3.82. The fourth-order valence-electron chi connectivity index (χ4n) is 3.36. The summed E-state index contributed by atoms with van der Waals surface area (Å²) >= 11 is 12.4. The lowest BCUT2D eigenvalue weighted by molar-refractivity contribution is -0.140. The van der Waals surface area contributed by atoms with Crippen molar-refractivity contribution in [1.29, 1.82) is 0 Å². The molecule has 180 valence electrons. The average Bonchev–Trinajstić information content (AvgIpc) is 2.71. The molecule has 7 nitrogen and oxygen atoms in total. The zero-order valence-corrected chi connectivity index (χ0v) is 21.4. The van der Waals surface area contributed by atoms with E-state index < -0.39 is 28.5 Å². The zero-order valence-electron chi connectivity index (χ0n) is 19.1. The van der Waals surface area contributed by atoms with Gasteiger partial charge in [-0.2, -0.15) is 0 Å². The van der Waals surface area contributed by atoms with Crippen LogP contribution in [0.2, 0.25) is 10.0 Å². The van der Waals surface area contributed by atoms with E-state index in [1.54, 1.807) is 49.4 Å². The molecule has 1 N–H and O–H groups in total. The van der Waals surface area contributed by atoms with E-state index in [0.29, 0.717) is 22.0 Å². The number of nitrogens with one attached hydrogen (secondary N) is 1. The topological polar surface area (TPSA) is 86.8 Å². The van der Waals surface area contributed by atoms with Crippen LogP contribution in [-0.4, -0.2) is 50.0 Å². The predicted molar refractivity (Wildman–Crippen MR) is 133 cm³/mol. The number of benzene rings is 2. The van der Waals surface area contributed by atoms with E-state index in [4.69, 9.17) is 23.2 Å². The summed E-state index contributed by atoms with van der Waals surface area (Å²) in [5, 5.41) is 3.62. The number of anilines is 1. The minimum absolute atomic E-state index is 0.0513. The molecule has 0 saturated heterocycles. The summed E-state index contributed by atoms with van der Waals surface area (Å²) in [5.41, 5.74) is 0.910. The first kappa shape index (κ1) is 27.0. The van der Waals surface area contributed by atoms with E-state index >= 15 is 0 Å². The first-order chi connectivity index (χ1) is 15.4. The molecule has 0 heterocycles. The number of halogens is 2. The van der Waals surface area contributed by atoms with Crippen LogP contribution < -0.4 is 9.62 Å². The molecule has 0 aliphatic rings. The Kier molecular flexibility index (Phi) is 9.57. The third-order valence-electron chi connectivity index (χ3n) is 4.89. The summed E-state index contributed by atoms with van der Waals surface area (Å²) in [4.78, 5) is 27.8. The maximum atomic E-state index is 13.5. The SMILES string of the molecule is CCC(C(=O)NC(C)C)N(Cc1ccccc1Cl)C(=O)CN(c1cccc(Cl)c1)S(C)(=O)=O. The molecule has 10 heteroatoms. The fraction of sp³-hybridized carbons (Fsp3) is 0.391. The van der Waals surface area contributed by atoms with Gasteiger partial charge in [-0.05, 0) is 50.1 Å². The van der Waals surface area contributed by atoms with Crippen molar-refractivity contribution < 1.29 is 18.0 Å². The quantitative estimate of drug-likeness (QED) is 0.518. The van der Waals surface area contributed by atoms with Gasteiger partial charge < -0.3 is 10.2 Å². The summed E-state index contributed by atoms with van der Waals surface area (Å²) in [6.45, 7) is 5.01. The zero-order chi connectivity index (χ0) is 24.8. The summed E-state index contributed by atoms with van der Waals surface area (Å²) in [5.74, 6) is -0.854. The molecule has 33 heavy (non-hydrogen) atoms. The molecular weight excluding hydrogens is 485 g/mol. The molecule has 2 rings (SSSR count). The molecule has 1 unspecified atom stereocenters. The minimum Gasteiger partial charge on any atom is -0.352 e. The van der Waals surface area contributed by atoms with Gasteiger partial charge in [0.1, 0.15) is 12.6 Å². The van der Waals surface area contributed by atoms with E-state index in [-0.39, 0.29) is 24.2 Å². The molecule has 0 radical (unpaired) electrons. The highest BCUT2D eigenvalue weighted by Gasteiger charge is 2.32. The van der Waals surface area contributed by atoms with Crippen molar-refractivity contribution in [2.75, 3.05) is 17.1 Å². The second-order valence-electron chi connectivity index (χ2n) is 7.95. The highest BCUT2D eigenvalue weighted by atomic mass is 35.5. The van der Waals surface area contributed by atoms with Gasteiger partial charge >= 0.3 is 0 Å². The lowest BCUT2D eigenvalue weighted by Gasteiger charge is -2.33. The molecule has 0 aliphatic carbocycles. The van der Waals surface area contributed by atoms with E-state index in [9.17, 15) is 18.0 Å². The summed E-state index contributed by atoms with van der Waals surface area (Å²) < 4.78 is 26.1. The number of sulfonamides is 1. The number of hydrogen-bond acceptors (Lipinski definition) is 4. The normalized spacial score (nSPS) is 12.3. The molecule has 0 aromatic heterocycles. The highest BCUT2D eigenvalue weighted by molar-refractivity contribution is 7.92. The molecule has 0 saturated carbocycles. The van der Waals surface area contributed by atoms with E-state index in [1.165, 1.54) is 11.0 Å². The first-order valence-electron chi connectivity index (χ1n) is 10.5. The standard InChI is InChI=1S/C23H29Cl2N3O4S/c1-5-21(23(30)26-16(2)3)27(14-17-9-6-7-12-20(17)25)22(29)15-28(33(4,31)32)19-11-8-10-18(24)13-19/h6-13,16,21H,5,14-15H2,1-4H3,(H,26,30). The van der Waals surface area contributed by atoms with E-state index in [1.807, 2.05) is 13.8 Å². The maximum absolute atomic E-state index is 13.5. The van der Waals surface area contributed by atoms with Gasteiger partial charge in [-0.15, -0.1) is 0 Å². The molecule has 2 aromatic rings. The van der Waals surface area contributed by atoms with Gasteiger partial charge in [0.05, 0.1) is 11.9 Å². The van der Waals surface area contributed by atoms with Crippen LogP contribution in [0.5, 0.6) is 0 Å². The Bertz CT molecular complexity index is 1090. The molecule has 0 spiro atoms. The predicted octanol–water partition coefficient (Wildman–Crippen LogP) is 4.09. The van der Waals surface area contributed by atoms with Crippen LogP contribution in [0.25, 0.3) is 0 Å². The Morgan fingerprint density at radius 3 is 2.27 bits per heavy atom. The lowest BCUT2D eigenvalue weighted by Crippen LogP contribution is -2.53. The van der Waals surface area contributed by atoms with Gasteiger partial charge in [-0.1, -0.05) is 54.4 Å². The van der Waals surface area contributed by atoms with Crippen molar-refractivity contribution in [2.24, 2.45) is 0 Å². The Morgan fingerprint density at radius 2 is 1.73 bits per heavy atom. The van der Waals surface area contributed by atoms with Crippen molar-refractivity contribution in [3.05, 3.63) is 64.1 Å². The molecular formula is C23H29Cl2N3O4S. The number of nitrogens with zero attached hydrogens (tertiary/aromatic N) is 2. The van der Waals surface area contributed by atoms with E-state index in [0.717, 1.165) is 10.6 Å². The van der Waals surface area contributed by atoms with Gasteiger partial charge in [-0.3, -0.25) is 13.9 Å². The second kappa shape index (κ2) is 11.7. The van der Waals surface area contributed by atoms with Crippen LogP contribution in [0.4, 0.5) is 5.69 Å². The summed E-state index contributed by atoms with van der Waals surface area (Å²) in [7, 11) is -3.82. The van der Waals surface area contributed by atoms with Crippen molar-refractivity contribution in [3.63, 3.8) is 0 Å². The van der Waals surface area contributed by atoms with Crippen molar-refractivity contribution in [3.8, 4) is 0 Å². The van der Waals surface area contributed by atoms with Crippen LogP contribution in [0.15, 0.2) is 48.5 Å². The second-order valence-corrected chi connectivity index (χ2v) is 10.7. The maximum Gasteiger partial charge on any atom is 0.244 e. The smallest absolute Gasteiger partial charge is 0.244 e. The molecule has 1 atom stereocenters. The fourth-order valence-corrected chi connectivity index (χ4v) is 4.58. The number of carbonyl (C=O) groups is 2. The Morgan fingerprint density at radius 1 is 1.06 bits per heavy atom. The van der Waals surface area contributed by atoms with Crippen molar-refractivity contribution in [1.82, 2.24) is 10.2 Å². The molecule has 0 aliphatic heterocycles. The Balaban J connectivity index is 2.46. The van der Waals surface area contributed by atoms with Gasteiger partial charge in [-0.25, -0.2) is 8.42 Å². The molecule has 0 fully saturated rings. The van der Waals surface area contributed by atoms with Crippen molar-refractivity contribution >= 4 is 50.7 Å². The van der Waals surface area contributed by atoms with Crippen LogP contribution in [0.3, 0.4) is 0 Å². The lowest BCUT2D eigenvalue weighted by atomic mass is 10.1. The van der Waals surface area contributed by atoms with E-state index in [2.05, 4.69) is 5.32 Å². The third-order valence-corrected chi connectivity index (χ3v) is 6.64. The largest absolute Gasteiger partial charge is 0.352 e. The van der Waals surface area contributed by atoms with Crippen LogP contribution >= 0.6 is 23.2 Å². The van der Waals surface area contributed by atoms with Gasteiger partial charge in [0.15, 0.2) is 0 Å². The Hall–Kier alpha value is -2.29. The molecule has 0 bridgehead atoms. The number of amides is 2. The van der Waals surface area contributed by atoms with Gasteiger partial charge in [0.25, 0.3) is 0 Å². The van der Waals surface area contributed by atoms with Crippen LogP contribution in [-0.2, 0) is 26.2 Å². The van der Waals surface area contributed by atoms with Crippen LogP contribution in [0, 0.1) is 0 Å². The van der Waals surface area contributed by atoms with Gasteiger partial charge in [0, 0.05) is 22.6 Å². The molecule has 2 amide bonds. The number of carbonyl (C=O) groups excluding carboxylic acids is 2. The number of hydrogen-bond donors (Lipinski definition) is 1. The average molecular weight is 514 g/mol. The highest BCUT2D eigenvalue weighted by Crippen LogP contribution is 2.24. The molecule has 2 aromatic carbocycles. The summed E-state index contributed by atoms with van der Waals surface area (Å²) in [6.07, 6.45) is 1.35. The van der Waals surface area contributed by atoms with Crippen molar-refractivity contribution in [2.45, 2.75) is 45.8 Å². The van der Waals surface area contributed by atoms with Gasteiger partial charge in [0.2, 0.25) is 21.8 Å². The van der Waals surface area contributed by atoms with Crippen LogP contribution in [0.1, 0.15) is 32.8 Å². The third kappa shape index (κ3) is 7.62. The monoisotopic (exact) mass is 513 g/mol. The first-order valence-corrected chi connectivity index (χ1v) is 13.1. The number of rotatable bonds is 10.